The minimum atomic E-state index is -0.161. The molecule has 1 atom stereocenters. The average Bonchev–Trinajstić information content (AvgIpc) is 2.74. The zero-order valence-corrected chi connectivity index (χ0v) is 16.4. The Morgan fingerprint density at radius 2 is 1.43 bits per heavy atom. The maximum absolute atomic E-state index is 12.9. The molecule has 0 aliphatic heterocycles. The summed E-state index contributed by atoms with van der Waals surface area (Å²) in [4.78, 5) is 12.9. The molecule has 0 fully saturated rings. The predicted octanol–water partition coefficient (Wildman–Crippen LogP) is 4.73. The van der Waals surface area contributed by atoms with Crippen molar-refractivity contribution in [3.63, 3.8) is 0 Å². The first kappa shape index (κ1) is 19.5. The molecule has 0 saturated carbocycles. The number of nitrogens with one attached hydrogen (secondary N) is 1. The van der Waals surface area contributed by atoms with Crippen LogP contribution < -0.4 is 14.8 Å². The molecule has 4 heteroatoms. The number of hydrogen-bond donors (Lipinski definition) is 1. The Kier molecular flexibility index (Phi) is 6.33. The summed E-state index contributed by atoms with van der Waals surface area (Å²) >= 11 is 0. The standard InChI is InChI=1S/C24H25NO3/c1-17-6-4-5-7-22(17)24(26)25-23(19-10-14-21(28-3)15-11-19)16-18-8-12-20(27-2)13-9-18/h4-15,23H,16H2,1-3H3,(H,25,26). The number of amides is 1. The van der Waals surface area contributed by atoms with E-state index in [1.54, 1.807) is 14.2 Å². The van der Waals surface area contributed by atoms with Gasteiger partial charge in [-0.05, 0) is 60.4 Å². The minimum Gasteiger partial charge on any atom is -0.497 e. The van der Waals surface area contributed by atoms with E-state index in [1.165, 1.54) is 0 Å². The van der Waals surface area contributed by atoms with Crippen molar-refractivity contribution >= 4 is 5.91 Å². The van der Waals surface area contributed by atoms with Crippen LogP contribution in [0.1, 0.15) is 33.1 Å². The van der Waals surface area contributed by atoms with Gasteiger partial charge in [-0.1, -0.05) is 42.5 Å². The smallest absolute Gasteiger partial charge is 0.252 e. The van der Waals surface area contributed by atoms with Gasteiger partial charge in [0.2, 0.25) is 0 Å². The molecule has 0 aliphatic carbocycles. The Morgan fingerprint density at radius 1 is 0.857 bits per heavy atom. The molecule has 3 rings (SSSR count). The number of hydrogen-bond acceptors (Lipinski definition) is 3. The first-order valence-electron chi connectivity index (χ1n) is 9.24. The van der Waals surface area contributed by atoms with Crippen LogP contribution >= 0.6 is 0 Å². The summed E-state index contributed by atoms with van der Waals surface area (Å²) in [5.74, 6) is 1.53. The molecule has 0 heterocycles. The van der Waals surface area contributed by atoms with Crippen LogP contribution in [0, 0.1) is 6.92 Å². The summed E-state index contributed by atoms with van der Waals surface area (Å²) in [6.07, 6.45) is 0.675. The molecule has 0 aromatic heterocycles. The second kappa shape index (κ2) is 9.09. The highest BCUT2D eigenvalue weighted by Crippen LogP contribution is 2.23. The molecule has 1 amide bonds. The van der Waals surface area contributed by atoms with E-state index in [2.05, 4.69) is 5.32 Å². The summed E-state index contributed by atoms with van der Waals surface area (Å²) < 4.78 is 10.5. The number of rotatable bonds is 7. The number of carbonyl (C=O) groups excluding carboxylic acids is 1. The Bertz CT molecular complexity index is 917. The van der Waals surface area contributed by atoms with Gasteiger partial charge in [-0.25, -0.2) is 0 Å². The van der Waals surface area contributed by atoms with Crippen molar-refractivity contribution in [3.8, 4) is 11.5 Å². The topological polar surface area (TPSA) is 47.6 Å². The fraction of sp³-hybridized carbons (Fsp3) is 0.208. The molecule has 0 spiro atoms. The zero-order valence-electron chi connectivity index (χ0n) is 16.4. The Labute approximate surface area is 166 Å². The Hall–Kier alpha value is -3.27. The number of ether oxygens (including phenoxy) is 2. The van der Waals surface area contributed by atoms with Crippen molar-refractivity contribution in [2.75, 3.05) is 14.2 Å². The molecule has 144 valence electrons. The summed E-state index contributed by atoms with van der Waals surface area (Å²) in [7, 11) is 3.29. The lowest BCUT2D eigenvalue weighted by molar-refractivity contribution is 0.0936. The van der Waals surface area contributed by atoms with Gasteiger partial charge in [0.1, 0.15) is 11.5 Å². The highest BCUT2D eigenvalue weighted by atomic mass is 16.5. The molecule has 3 aromatic carbocycles. The molecule has 0 radical (unpaired) electrons. The minimum absolute atomic E-state index is 0.0765. The molecular weight excluding hydrogens is 350 g/mol. The van der Waals surface area contributed by atoms with E-state index in [0.717, 1.165) is 28.2 Å². The second-order valence-corrected chi connectivity index (χ2v) is 6.67. The van der Waals surface area contributed by atoms with Crippen LogP contribution in [-0.2, 0) is 6.42 Å². The maximum atomic E-state index is 12.9. The first-order chi connectivity index (χ1) is 13.6. The van der Waals surface area contributed by atoms with Crippen LogP contribution in [0.25, 0.3) is 0 Å². The van der Waals surface area contributed by atoms with Gasteiger partial charge in [0.05, 0.1) is 20.3 Å². The summed E-state index contributed by atoms with van der Waals surface area (Å²) in [6, 6.07) is 23.2. The number of benzene rings is 3. The van der Waals surface area contributed by atoms with Gasteiger partial charge >= 0.3 is 0 Å². The quantitative estimate of drug-likeness (QED) is 0.650. The molecule has 28 heavy (non-hydrogen) atoms. The van der Waals surface area contributed by atoms with Crippen molar-refractivity contribution in [1.82, 2.24) is 5.32 Å². The van der Waals surface area contributed by atoms with Crippen molar-refractivity contribution in [1.29, 1.82) is 0 Å². The fourth-order valence-electron chi connectivity index (χ4n) is 3.15. The van der Waals surface area contributed by atoms with Crippen LogP contribution in [0.4, 0.5) is 0 Å². The number of carbonyl (C=O) groups is 1. The van der Waals surface area contributed by atoms with Gasteiger partial charge in [0.25, 0.3) is 5.91 Å². The third-order valence-corrected chi connectivity index (χ3v) is 4.81. The molecule has 3 aromatic rings. The zero-order chi connectivity index (χ0) is 19.9. The van der Waals surface area contributed by atoms with Crippen LogP contribution in [0.5, 0.6) is 11.5 Å². The Morgan fingerprint density at radius 3 is 2.00 bits per heavy atom. The van der Waals surface area contributed by atoms with Gasteiger partial charge in [-0.15, -0.1) is 0 Å². The van der Waals surface area contributed by atoms with E-state index in [0.29, 0.717) is 12.0 Å². The highest BCUT2D eigenvalue weighted by Gasteiger charge is 2.18. The third-order valence-electron chi connectivity index (χ3n) is 4.81. The maximum Gasteiger partial charge on any atom is 0.252 e. The van der Waals surface area contributed by atoms with Crippen LogP contribution in [-0.4, -0.2) is 20.1 Å². The number of aryl methyl sites for hydroxylation is 1. The normalized spacial score (nSPS) is 11.5. The van der Waals surface area contributed by atoms with Gasteiger partial charge in [0, 0.05) is 5.56 Å². The Balaban J connectivity index is 1.86. The van der Waals surface area contributed by atoms with E-state index in [1.807, 2.05) is 79.7 Å². The van der Waals surface area contributed by atoms with Crippen molar-refractivity contribution in [2.24, 2.45) is 0 Å². The molecule has 0 bridgehead atoms. The van der Waals surface area contributed by atoms with Crippen molar-refractivity contribution in [2.45, 2.75) is 19.4 Å². The lowest BCUT2D eigenvalue weighted by atomic mass is 9.97. The molecule has 0 saturated heterocycles. The second-order valence-electron chi connectivity index (χ2n) is 6.67. The van der Waals surface area contributed by atoms with E-state index in [9.17, 15) is 4.79 Å². The summed E-state index contributed by atoms with van der Waals surface area (Å²) in [5, 5.41) is 3.19. The monoisotopic (exact) mass is 375 g/mol. The predicted molar refractivity (Wildman–Crippen MR) is 111 cm³/mol. The number of methoxy groups -OCH3 is 2. The SMILES string of the molecule is COc1ccc(CC(NC(=O)c2ccccc2C)c2ccc(OC)cc2)cc1. The molecular formula is C24H25NO3. The van der Waals surface area contributed by atoms with Crippen molar-refractivity contribution in [3.05, 3.63) is 95.1 Å². The lowest BCUT2D eigenvalue weighted by Gasteiger charge is -2.21. The first-order valence-corrected chi connectivity index (χ1v) is 9.24. The van der Waals surface area contributed by atoms with E-state index in [4.69, 9.17) is 9.47 Å². The van der Waals surface area contributed by atoms with Crippen molar-refractivity contribution < 1.29 is 14.3 Å². The third kappa shape index (κ3) is 4.71. The molecule has 1 unspecified atom stereocenters. The fourth-order valence-corrected chi connectivity index (χ4v) is 3.15. The molecule has 0 aliphatic rings. The lowest BCUT2D eigenvalue weighted by Crippen LogP contribution is -2.30. The largest absolute Gasteiger partial charge is 0.497 e. The van der Waals surface area contributed by atoms with Gasteiger partial charge in [-0.2, -0.15) is 0 Å². The van der Waals surface area contributed by atoms with Gasteiger partial charge in [0.15, 0.2) is 0 Å². The summed E-state index contributed by atoms with van der Waals surface area (Å²) in [5.41, 5.74) is 3.79. The van der Waals surface area contributed by atoms with E-state index < -0.39 is 0 Å². The van der Waals surface area contributed by atoms with Gasteiger partial charge in [-0.3, -0.25) is 4.79 Å². The van der Waals surface area contributed by atoms with Crippen LogP contribution in [0.3, 0.4) is 0 Å². The van der Waals surface area contributed by atoms with E-state index >= 15 is 0 Å². The van der Waals surface area contributed by atoms with E-state index in [-0.39, 0.29) is 11.9 Å². The summed E-state index contributed by atoms with van der Waals surface area (Å²) in [6.45, 7) is 1.95. The van der Waals surface area contributed by atoms with Crippen LogP contribution in [0.2, 0.25) is 0 Å². The van der Waals surface area contributed by atoms with Gasteiger partial charge < -0.3 is 14.8 Å². The molecule has 1 N–H and O–H groups in total. The van der Waals surface area contributed by atoms with Crippen LogP contribution in [0.15, 0.2) is 72.8 Å². The molecule has 4 nitrogen and oxygen atoms in total. The average molecular weight is 375 g/mol. The highest BCUT2D eigenvalue weighted by molar-refractivity contribution is 5.95.